The Kier molecular flexibility index (Phi) is 3.30. The molecule has 2 unspecified atom stereocenters. The van der Waals surface area contributed by atoms with Gasteiger partial charge in [-0.2, -0.15) is 5.10 Å². The van der Waals surface area contributed by atoms with Gasteiger partial charge in [0, 0.05) is 30.9 Å². The summed E-state index contributed by atoms with van der Waals surface area (Å²) in [5, 5.41) is 6.64. The number of hydrogen-bond donors (Lipinski definition) is 2. The maximum absolute atomic E-state index is 12.5. The average molecular weight is 251 g/mol. The Hall–Kier alpha value is -1.56. The number of rotatable bonds is 1. The summed E-state index contributed by atoms with van der Waals surface area (Å²) in [6, 6.07) is 0.706. The second-order valence-electron chi connectivity index (χ2n) is 5.18. The molecule has 6 nitrogen and oxygen atoms in total. The zero-order valence-corrected chi connectivity index (χ0v) is 11.4. The van der Waals surface area contributed by atoms with Gasteiger partial charge in [0.2, 0.25) is 0 Å². The second kappa shape index (κ2) is 4.61. The van der Waals surface area contributed by atoms with Crippen LogP contribution in [0.5, 0.6) is 0 Å². The van der Waals surface area contributed by atoms with E-state index in [1.165, 1.54) is 0 Å². The fourth-order valence-corrected chi connectivity index (χ4v) is 2.45. The molecule has 0 radical (unpaired) electrons. The largest absolute Gasteiger partial charge is 0.382 e. The number of carbonyl (C=O) groups excluding carboxylic acids is 1. The zero-order valence-electron chi connectivity index (χ0n) is 11.4. The van der Waals surface area contributed by atoms with Crippen LogP contribution in [0.3, 0.4) is 0 Å². The monoisotopic (exact) mass is 251 g/mol. The van der Waals surface area contributed by atoms with Crippen molar-refractivity contribution in [3.05, 3.63) is 11.3 Å². The van der Waals surface area contributed by atoms with Crippen LogP contribution in [0, 0.1) is 6.92 Å². The van der Waals surface area contributed by atoms with E-state index in [1.54, 1.807) is 0 Å². The van der Waals surface area contributed by atoms with Gasteiger partial charge in [-0.15, -0.1) is 0 Å². The van der Waals surface area contributed by atoms with Crippen molar-refractivity contribution in [2.45, 2.75) is 32.9 Å². The number of nitrogens with zero attached hydrogens (tertiary/aromatic N) is 3. The normalized spacial score (nSPS) is 25.4. The SMILES string of the molecule is Cc1[nH]nc(N)c1C(=O)N1CC(C)N(C)C(C)C1. The van der Waals surface area contributed by atoms with E-state index in [4.69, 9.17) is 5.73 Å². The lowest BCUT2D eigenvalue weighted by atomic mass is 10.1. The second-order valence-corrected chi connectivity index (χ2v) is 5.18. The van der Waals surface area contributed by atoms with Gasteiger partial charge in [0.25, 0.3) is 5.91 Å². The van der Waals surface area contributed by atoms with Crippen LogP contribution in [0.1, 0.15) is 29.9 Å². The summed E-state index contributed by atoms with van der Waals surface area (Å²) in [6.45, 7) is 7.52. The van der Waals surface area contributed by atoms with Crippen LogP contribution >= 0.6 is 0 Å². The number of nitrogen functional groups attached to an aromatic ring is 1. The number of nitrogens with one attached hydrogen (secondary N) is 1. The summed E-state index contributed by atoms with van der Waals surface area (Å²) in [5.41, 5.74) is 6.99. The first-order valence-corrected chi connectivity index (χ1v) is 6.23. The molecule has 1 aromatic heterocycles. The van der Waals surface area contributed by atoms with E-state index in [1.807, 2.05) is 11.8 Å². The van der Waals surface area contributed by atoms with E-state index in [9.17, 15) is 4.79 Å². The lowest BCUT2D eigenvalue weighted by molar-refractivity contribution is 0.0414. The van der Waals surface area contributed by atoms with Crippen LogP contribution in [0.2, 0.25) is 0 Å². The summed E-state index contributed by atoms with van der Waals surface area (Å²) in [6.07, 6.45) is 0. The van der Waals surface area contributed by atoms with Crippen LogP contribution in [-0.4, -0.2) is 58.1 Å². The number of anilines is 1. The maximum Gasteiger partial charge on any atom is 0.259 e. The number of carbonyl (C=O) groups is 1. The van der Waals surface area contributed by atoms with Gasteiger partial charge in [0.05, 0.1) is 0 Å². The lowest BCUT2D eigenvalue weighted by Gasteiger charge is -2.42. The van der Waals surface area contributed by atoms with Crippen molar-refractivity contribution in [2.75, 3.05) is 25.9 Å². The molecule has 1 aliphatic heterocycles. The van der Waals surface area contributed by atoms with Crippen LogP contribution in [-0.2, 0) is 0 Å². The molecule has 1 amide bonds. The fraction of sp³-hybridized carbons (Fsp3) is 0.667. The molecule has 0 aromatic carbocycles. The van der Waals surface area contributed by atoms with Crippen LogP contribution in [0.25, 0.3) is 0 Å². The van der Waals surface area contributed by atoms with Crippen LogP contribution < -0.4 is 5.73 Å². The molecule has 100 valence electrons. The minimum atomic E-state index is -0.0226. The number of aromatic amines is 1. The summed E-state index contributed by atoms with van der Waals surface area (Å²) < 4.78 is 0. The summed E-state index contributed by atoms with van der Waals surface area (Å²) in [5.74, 6) is 0.266. The number of aryl methyl sites for hydroxylation is 1. The molecule has 2 rings (SSSR count). The minimum Gasteiger partial charge on any atom is -0.382 e. The van der Waals surface area contributed by atoms with Gasteiger partial charge in [-0.05, 0) is 27.8 Å². The molecule has 6 heteroatoms. The van der Waals surface area contributed by atoms with E-state index < -0.39 is 0 Å². The predicted molar refractivity (Wildman–Crippen MR) is 70.3 cm³/mol. The molecule has 3 N–H and O–H groups in total. The molecular weight excluding hydrogens is 230 g/mol. The molecule has 2 atom stereocenters. The number of H-pyrrole nitrogens is 1. The Morgan fingerprint density at radius 1 is 1.39 bits per heavy atom. The molecule has 0 saturated carbocycles. The Labute approximate surface area is 107 Å². The van der Waals surface area contributed by atoms with E-state index in [-0.39, 0.29) is 11.7 Å². The molecule has 2 heterocycles. The first kappa shape index (κ1) is 12.9. The highest BCUT2D eigenvalue weighted by Gasteiger charge is 2.31. The topological polar surface area (TPSA) is 78.2 Å². The first-order chi connectivity index (χ1) is 8.41. The van der Waals surface area contributed by atoms with E-state index >= 15 is 0 Å². The molecule has 0 aliphatic carbocycles. The van der Waals surface area contributed by atoms with Gasteiger partial charge >= 0.3 is 0 Å². The van der Waals surface area contributed by atoms with Gasteiger partial charge in [0.15, 0.2) is 5.82 Å². The van der Waals surface area contributed by atoms with Crippen molar-refractivity contribution < 1.29 is 4.79 Å². The molecule has 1 saturated heterocycles. The molecule has 1 fully saturated rings. The highest BCUT2D eigenvalue weighted by Crippen LogP contribution is 2.20. The highest BCUT2D eigenvalue weighted by molar-refractivity contribution is 5.99. The average Bonchev–Trinajstić information content (AvgIpc) is 2.64. The number of nitrogens with two attached hydrogens (primary N) is 1. The van der Waals surface area contributed by atoms with Gasteiger partial charge in [-0.1, -0.05) is 0 Å². The maximum atomic E-state index is 12.5. The smallest absolute Gasteiger partial charge is 0.259 e. The highest BCUT2D eigenvalue weighted by atomic mass is 16.2. The molecule has 1 aliphatic rings. The number of likely N-dealkylation sites (N-methyl/N-ethyl adjacent to an activating group) is 1. The third kappa shape index (κ3) is 2.08. The van der Waals surface area contributed by atoms with Crippen molar-refractivity contribution in [1.29, 1.82) is 0 Å². The van der Waals surface area contributed by atoms with E-state index in [0.717, 1.165) is 18.8 Å². The van der Waals surface area contributed by atoms with Gasteiger partial charge in [-0.25, -0.2) is 0 Å². The summed E-state index contributed by atoms with van der Waals surface area (Å²) in [4.78, 5) is 16.6. The van der Waals surface area contributed by atoms with Crippen molar-refractivity contribution in [2.24, 2.45) is 0 Å². The Balaban J connectivity index is 2.20. The first-order valence-electron chi connectivity index (χ1n) is 6.23. The number of piperazine rings is 1. The zero-order chi connectivity index (χ0) is 13.4. The van der Waals surface area contributed by atoms with Crippen LogP contribution in [0.4, 0.5) is 5.82 Å². The minimum absolute atomic E-state index is 0.0226. The van der Waals surface area contributed by atoms with Crippen molar-refractivity contribution in [1.82, 2.24) is 20.0 Å². The fourth-order valence-electron chi connectivity index (χ4n) is 2.45. The summed E-state index contributed by atoms with van der Waals surface area (Å²) >= 11 is 0. The summed E-state index contributed by atoms with van der Waals surface area (Å²) in [7, 11) is 2.09. The van der Waals surface area contributed by atoms with Crippen molar-refractivity contribution in [3.8, 4) is 0 Å². The third-order valence-electron chi connectivity index (χ3n) is 3.84. The van der Waals surface area contributed by atoms with E-state index in [0.29, 0.717) is 17.6 Å². The standard InChI is InChI=1S/C12H21N5O/c1-7-5-17(6-8(2)16(7)4)12(18)10-9(3)14-15-11(10)13/h7-8H,5-6H2,1-4H3,(H3,13,14,15). The van der Waals surface area contributed by atoms with Crippen molar-refractivity contribution >= 4 is 11.7 Å². The predicted octanol–water partition coefficient (Wildman–Crippen LogP) is 0.465. The Morgan fingerprint density at radius 3 is 2.39 bits per heavy atom. The van der Waals surface area contributed by atoms with E-state index in [2.05, 4.69) is 36.0 Å². The van der Waals surface area contributed by atoms with Gasteiger partial charge < -0.3 is 10.6 Å². The van der Waals surface area contributed by atoms with Crippen molar-refractivity contribution in [3.63, 3.8) is 0 Å². The van der Waals surface area contributed by atoms with Gasteiger partial charge in [0.1, 0.15) is 5.56 Å². The number of hydrogen-bond acceptors (Lipinski definition) is 4. The molecule has 1 aromatic rings. The Morgan fingerprint density at radius 2 is 1.94 bits per heavy atom. The molecule has 0 spiro atoms. The van der Waals surface area contributed by atoms with Crippen LogP contribution in [0.15, 0.2) is 0 Å². The lowest BCUT2D eigenvalue weighted by Crippen LogP contribution is -2.56. The third-order valence-corrected chi connectivity index (χ3v) is 3.84. The Bertz CT molecular complexity index is 424. The molecule has 18 heavy (non-hydrogen) atoms. The number of amides is 1. The molecular formula is C12H21N5O. The molecule has 0 bridgehead atoms. The van der Waals surface area contributed by atoms with Gasteiger partial charge in [-0.3, -0.25) is 14.8 Å². The quantitative estimate of drug-likeness (QED) is 0.760. The number of aromatic nitrogens is 2.